The molecule has 0 spiro atoms. The smallest absolute Gasteiger partial charge is 0.119 e. The molecule has 1 heterocycles. The Morgan fingerprint density at radius 1 is 0.781 bits per heavy atom. The third-order valence-electron chi connectivity index (χ3n) is 6.54. The van der Waals surface area contributed by atoms with E-state index in [1.54, 1.807) is 0 Å². The van der Waals surface area contributed by atoms with Gasteiger partial charge >= 0.3 is 0 Å². The highest BCUT2D eigenvalue weighted by atomic mass is 16.5. The number of benzene rings is 3. The highest BCUT2D eigenvalue weighted by molar-refractivity contribution is 5.50. The Balaban J connectivity index is 1.29. The first-order valence-electron chi connectivity index (χ1n) is 12.2. The summed E-state index contributed by atoms with van der Waals surface area (Å²) in [5, 5.41) is 0. The number of ether oxygens (including phenoxy) is 1. The second-order valence-electron chi connectivity index (χ2n) is 8.93. The third-order valence-corrected chi connectivity index (χ3v) is 6.54. The second-order valence-corrected chi connectivity index (χ2v) is 8.93. The molecule has 0 N–H and O–H groups in total. The predicted octanol–water partition coefficient (Wildman–Crippen LogP) is 7.22. The molecule has 32 heavy (non-hydrogen) atoms. The fraction of sp³-hybridized carbons (Fsp3) is 0.367. The summed E-state index contributed by atoms with van der Waals surface area (Å²) < 4.78 is 5.76. The number of hydrogen-bond donors (Lipinski definition) is 0. The van der Waals surface area contributed by atoms with Crippen LogP contribution in [0.5, 0.6) is 5.75 Å². The molecule has 1 fully saturated rings. The Kier molecular flexibility index (Phi) is 7.87. The van der Waals surface area contributed by atoms with Gasteiger partial charge in [0.25, 0.3) is 0 Å². The lowest BCUT2D eigenvalue weighted by atomic mass is 9.92. The first-order valence-corrected chi connectivity index (χ1v) is 12.2. The van der Waals surface area contributed by atoms with Crippen molar-refractivity contribution in [3.05, 3.63) is 102 Å². The summed E-state index contributed by atoms with van der Waals surface area (Å²) in [5.74, 6) is 1.14. The molecule has 1 unspecified atom stereocenters. The van der Waals surface area contributed by atoms with Crippen molar-refractivity contribution >= 4 is 5.69 Å². The molecule has 0 aliphatic carbocycles. The molecule has 3 aromatic carbocycles. The SMILES string of the molecule is [CH2]C(c1ccc(CCc2ccc(OCCCC)cc2)cc1)c1ccc(N2CCCC2)cc1. The molecule has 1 aliphatic heterocycles. The van der Waals surface area contributed by atoms with E-state index in [9.17, 15) is 0 Å². The molecule has 2 nitrogen and oxygen atoms in total. The van der Waals surface area contributed by atoms with Crippen molar-refractivity contribution in [2.75, 3.05) is 24.6 Å². The van der Waals surface area contributed by atoms with E-state index in [0.717, 1.165) is 38.0 Å². The zero-order valence-electron chi connectivity index (χ0n) is 19.4. The number of unbranched alkanes of at least 4 members (excludes halogenated alkanes) is 1. The molecule has 3 aromatic rings. The fourth-order valence-electron chi connectivity index (χ4n) is 4.38. The highest BCUT2D eigenvalue weighted by Gasteiger charge is 2.13. The van der Waals surface area contributed by atoms with Crippen LogP contribution in [-0.4, -0.2) is 19.7 Å². The minimum Gasteiger partial charge on any atom is -0.494 e. The van der Waals surface area contributed by atoms with Gasteiger partial charge in [-0.1, -0.05) is 61.9 Å². The topological polar surface area (TPSA) is 12.5 Å². The van der Waals surface area contributed by atoms with Gasteiger partial charge < -0.3 is 9.64 Å². The van der Waals surface area contributed by atoms with E-state index in [2.05, 4.69) is 91.5 Å². The highest BCUT2D eigenvalue weighted by Crippen LogP contribution is 2.27. The number of rotatable bonds is 10. The first kappa shape index (κ1) is 22.5. The van der Waals surface area contributed by atoms with E-state index in [1.807, 2.05) is 0 Å². The number of anilines is 1. The van der Waals surface area contributed by atoms with Crippen LogP contribution in [0.25, 0.3) is 0 Å². The van der Waals surface area contributed by atoms with Crippen LogP contribution < -0.4 is 9.64 Å². The zero-order chi connectivity index (χ0) is 22.2. The average molecular weight is 427 g/mol. The maximum atomic E-state index is 5.76. The number of nitrogens with zero attached hydrogens (tertiary/aromatic N) is 1. The lowest BCUT2D eigenvalue weighted by molar-refractivity contribution is 0.309. The Hall–Kier alpha value is -2.74. The van der Waals surface area contributed by atoms with E-state index in [-0.39, 0.29) is 5.92 Å². The van der Waals surface area contributed by atoms with Crippen LogP contribution in [-0.2, 0) is 12.8 Å². The Morgan fingerprint density at radius 3 is 1.88 bits per heavy atom. The van der Waals surface area contributed by atoms with Gasteiger partial charge in [0, 0.05) is 24.7 Å². The van der Waals surface area contributed by atoms with Crippen molar-refractivity contribution in [3.8, 4) is 5.75 Å². The summed E-state index contributed by atoms with van der Waals surface area (Å²) in [4.78, 5) is 2.48. The van der Waals surface area contributed by atoms with Crippen molar-refractivity contribution < 1.29 is 4.74 Å². The normalized spacial score (nSPS) is 14.5. The van der Waals surface area contributed by atoms with Crippen LogP contribution in [0.3, 0.4) is 0 Å². The van der Waals surface area contributed by atoms with Crippen molar-refractivity contribution in [2.24, 2.45) is 0 Å². The van der Waals surface area contributed by atoms with Crippen LogP contribution in [0.2, 0.25) is 0 Å². The van der Waals surface area contributed by atoms with Gasteiger partial charge in [0.05, 0.1) is 6.61 Å². The van der Waals surface area contributed by atoms with Crippen molar-refractivity contribution in [3.63, 3.8) is 0 Å². The van der Waals surface area contributed by atoms with Crippen molar-refractivity contribution in [1.82, 2.24) is 0 Å². The zero-order valence-corrected chi connectivity index (χ0v) is 19.4. The molecule has 1 aliphatic rings. The van der Waals surface area contributed by atoms with Gasteiger partial charge in [-0.15, -0.1) is 0 Å². The standard InChI is InChI=1S/C30H36NO/c1-3-4-23-32-30-19-11-26(12-20-30)8-7-25-9-13-27(14-10-25)24(2)28-15-17-29(18-16-28)31-21-5-6-22-31/h9-20,24H,2-8,21-23H2,1H3. The second kappa shape index (κ2) is 11.2. The Morgan fingerprint density at radius 2 is 1.31 bits per heavy atom. The fourth-order valence-corrected chi connectivity index (χ4v) is 4.38. The van der Waals surface area contributed by atoms with Gasteiger partial charge in [0.2, 0.25) is 0 Å². The minimum atomic E-state index is 0.164. The maximum Gasteiger partial charge on any atom is 0.119 e. The Bertz CT molecular complexity index is 938. The molecular formula is C30H36NO. The van der Waals surface area contributed by atoms with Gasteiger partial charge in [-0.05, 0) is 85.5 Å². The Labute approximate surface area is 194 Å². The summed E-state index contributed by atoms with van der Waals surface area (Å²) in [7, 11) is 0. The molecular weight excluding hydrogens is 390 g/mol. The first-order chi connectivity index (χ1) is 15.7. The minimum absolute atomic E-state index is 0.164. The number of hydrogen-bond acceptors (Lipinski definition) is 2. The lowest BCUT2D eigenvalue weighted by Gasteiger charge is -2.19. The van der Waals surface area contributed by atoms with Gasteiger partial charge in [0.1, 0.15) is 5.75 Å². The summed E-state index contributed by atoms with van der Waals surface area (Å²) >= 11 is 0. The average Bonchev–Trinajstić information content (AvgIpc) is 3.39. The molecule has 0 amide bonds. The summed E-state index contributed by atoms with van der Waals surface area (Å²) in [6.07, 6.45) is 6.98. The van der Waals surface area contributed by atoms with Crippen LogP contribution in [0.1, 0.15) is 60.8 Å². The summed E-state index contributed by atoms with van der Waals surface area (Å²) in [6.45, 7) is 9.80. The molecule has 2 heteroatoms. The number of aryl methyl sites for hydroxylation is 2. The van der Waals surface area contributed by atoms with Crippen molar-refractivity contribution in [2.45, 2.75) is 51.4 Å². The van der Waals surface area contributed by atoms with E-state index in [4.69, 9.17) is 4.74 Å². The van der Waals surface area contributed by atoms with E-state index in [0.29, 0.717) is 0 Å². The van der Waals surface area contributed by atoms with Gasteiger partial charge in [-0.3, -0.25) is 0 Å². The third kappa shape index (κ3) is 5.94. The summed E-state index contributed by atoms with van der Waals surface area (Å²) in [6, 6.07) is 26.6. The maximum absolute atomic E-state index is 5.76. The predicted molar refractivity (Wildman–Crippen MR) is 136 cm³/mol. The molecule has 1 radical (unpaired) electrons. The molecule has 0 aromatic heterocycles. The van der Waals surface area contributed by atoms with Crippen LogP contribution in [0.4, 0.5) is 5.69 Å². The largest absolute Gasteiger partial charge is 0.494 e. The van der Waals surface area contributed by atoms with Crippen molar-refractivity contribution in [1.29, 1.82) is 0 Å². The molecule has 0 saturated carbocycles. The van der Waals surface area contributed by atoms with Gasteiger partial charge in [0.15, 0.2) is 0 Å². The molecule has 4 rings (SSSR count). The summed E-state index contributed by atoms with van der Waals surface area (Å²) in [5.41, 5.74) is 6.62. The van der Waals surface area contributed by atoms with E-state index in [1.165, 1.54) is 53.9 Å². The van der Waals surface area contributed by atoms with E-state index < -0.39 is 0 Å². The van der Waals surface area contributed by atoms with Crippen LogP contribution >= 0.6 is 0 Å². The monoisotopic (exact) mass is 426 g/mol. The van der Waals surface area contributed by atoms with Gasteiger partial charge in [-0.25, -0.2) is 0 Å². The lowest BCUT2D eigenvalue weighted by Crippen LogP contribution is -2.17. The molecule has 1 saturated heterocycles. The van der Waals surface area contributed by atoms with E-state index >= 15 is 0 Å². The molecule has 1 atom stereocenters. The quantitative estimate of drug-likeness (QED) is 0.317. The molecule has 0 bridgehead atoms. The molecule has 167 valence electrons. The van der Waals surface area contributed by atoms with Crippen LogP contribution in [0, 0.1) is 6.92 Å². The van der Waals surface area contributed by atoms with Gasteiger partial charge in [-0.2, -0.15) is 0 Å². The van der Waals surface area contributed by atoms with Crippen LogP contribution in [0.15, 0.2) is 72.8 Å².